The molecule has 0 fully saturated rings. The van der Waals surface area contributed by atoms with Gasteiger partial charge in [-0.05, 0) is 47.0 Å². The second-order valence-electron chi connectivity index (χ2n) is 14.3. The maximum absolute atomic E-state index is 17.8. The van der Waals surface area contributed by atoms with Crippen molar-refractivity contribution in [3.63, 3.8) is 0 Å². The van der Waals surface area contributed by atoms with Crippen molar-refractivity contribution in [2.45, 2.75) is 16.9 Å². The van der Waals surface area contributed by atoms with Gasteiger partial charge in [0.2, 0.25) is 5.75 Å². The van der Waals surface area contributed by atoms with E-state index in [9.17, 15) is 5.26 Å². The summed E-state index contributed by atoms with van der Waals surface area (Å²) < 4.78 is 92.7. The minimum absolute atomic E-state index is 0.0591. The maximum atomic E-state index is 17.8. The van der Waals surface area contributed by atoms with E-state index in [0.717, 1.165) is 5.56 Å². The van der Waals surface area contributed by atoms with Crippen LogP contribution in [0, 0.1) is 34.6 Å². The summed E-state index contributed by atoms with van der Waals surface area (Å²) in [5.41, 5.74) is -3.89. The molecule has 0 saturated carbocycles. The fourth-order valence-corrected chi connectivity index (χ4v) is 8.02. The first-order valence-electron chi connectivity index (χ1n) is 19.4. The van der Waals surface area contributed by atoms with Gasteiger partial charge in [0.05, 0.1) is 47.5 Å². The number of rotatable bonds is 9. The average Bonchev–Trinajstić information content (AvgIpc) is 3.75. The number of hydrogen-bond donors (Lipinski definition) is 0. The second-order valence-corrected chi connectivity index (χ2v) is 15.1. The Morgan fingerprint density at radius 1 is 0.841 bits per heavy atom. The summed E-state index contributed by atoms with van der Waals surface area (Å²) in [7, 11) is 1.78. The Labute approximate surface area is 362 Å². The average molecular weight is 866 g/mol. The van der Waals surface area contributed by atoms with Crippen LogP contribution >= 0.6 is 12.0 Å². The molecule has 4 bridgehead atoms. The first kappa shape index (κ1) is 40.7. The molecular weight excluding hydrogens is 835 g/mol. The fraction of sp³-hybridized carbons (Fsp3) is 0.104. The molecule has 5 aromatic carbocycles. The molecule has 2 aromatic heterocycles. The van der Waals surface area contributed by atoms with Crippen molar-refractivity contribution in [2.24, 2.45) is 4.99 Å². The highest BCUT2D eigenvalue weighted by Crippen LogP contribution is 2.48. The smallest absolute Gasteiger partial charge is 0.339 e. The number of ether oxygens (including phenoxy) is 3. The van der Waals surface area contributed by atoms with E-state index in [0.29, 0.717) is 47.6 Å². The predicted molar refractivity (Wildman–Crippen MR) is 225 cm³/mol. The van der Waals surface area contributed by atoms with E-state index in [1.54, 1.807) is 49.5 Å². The lowest BCUT2D eigenvalue weighted by atomic mass is 9.71. The van der Waals surface area contributed by atoms with Crippen LogP contribution < -0.4 is 14.2 Å². The maximum Gasteiger partial charge on any atom is 0.339 e. The van der Waals surface area contributed by atoms with Crippen LogP contribution in [0.25, 0.3) is 11.3 Å². The van der Waals surface area contributed by atoms with Gasteiger partial charge in [0.25, 0.3) is 5.88 Å². The quantitative estimate of drug-likeness (QED) is 0.102. The summed E-state index contributed by atoms with van der Waals surface area (Å²) in [4.78, 5) is 30.0. The number of aromatic nitrogens is 2. The van der Waals surface area contributed by atoms with Crippen LogP contribution in [0.5, 0.6) is 28.9 Å². The molecule has 3 aliphatic rings. The summed E-state index contributed by atoms with van der Waals surface area (Å²) >= 11 is 0.688. The molecule has 15 heteroatoms. The zero-order valence-electron chi connectivity index (χ0n) is 33.0. The third-order valence-electron chi connectivity index (χ3n) is 10.5. The van der Waals surface area contributed by atoms with Crippen molar-refractivity contribution < 1.29 is 40.7 Å². The van der Waals surface area contributed by atoms with Crippen LogP contribution in [0.2, 0.25) is 0 Å². The highest BCUT2D eigenvalue weighted by molar-refractivity contribution is 7.95. The van der Waals surface area contributed by atoms with Crippen LogP contribution in [0.4, 0.5) is 17.6 Å². The molecule has 0 N–H and O–H groups in total. The van der Waals surface area contributed by atoms with E-state index in [1.807, 2.05) is 41.3 Å². The minimum Gasteiger partial charge on any atom is -0.485 e. The number of amidine groups is 1. The largest absolute Gasteiger partial charge is 0.485 e. The Hall–Kier alpha value is -7.70. The summed E-state index contributed by atoms with van der Waals surface area (Å²) in [5.74, 6) is -8.86. The number of halogens is 4. The molecular formula is C48H31F4N5O5S. The zero-order valence-corrected chi connectivity index (χ0v) is 33.8. The van der Waals surface area contributed by atoms with Gasteiger partial charge in [-0.1, -0.05) is 91.0 Å². The Balaban J connectivity index is 1.28. The Kier molecular flexibility index (Phi) is 11.0. The van der Waals surface area contributed by atoms with Gasteiger partial charge >= 0.3 is 5.97 Å². The number of benzene rings is 5. The Morgan fingerprint density at radius 3 is 2.21 bits per heavy atom. The number of aliphatic imine (C=N–C) groups is 1. The lowest BCUT2D eigenvalue weighted by molar-refractivity contribution is -0.136. The van der Waals surface area contributed by atoms with Gasteiger partial charge in [0.15, 0.2) is 40.2 Å². The molecule has 3 aliphatic heterocycles. The molecule has 0 amide bonds. The van der Waals surface area contributed by atoms with Crippen LogP contribution in [0.1, 0.15) is 33.5 Å². The topological polar surface area (TPSA) is 119 Å². The van der Waals surface area contributed by atoms with Crippen molar-refractivity contribution in [3.8, 4) is 46.2 Å². The van der Waals surface area contributed by atoms with Gasteiger partial charge in [-0.3, -0.25) is 4.99 Å². The lowest BCUT2D eigenvalue weighted by Crippen LogP contribution is -2.41. The van der Waals surface area contributed by atoms with Crippen molar-refractivity contribution in [1.82, 2.24) is 14.9 Å². The summed E-state index contributed by atoms with van der Waals surface area (Å²) in [6, 6.07) is 35.7. The van der Waals surface area contributed by atoms with E-state index in [-0.39, 0.29) is 40.5 Å². The minimum atomic E-state index is -2.34. The Morgan fingerprint density at radius 2 is 1.54 bits per heavy atom. The summed E-state index contributed by atoms with van der Waals surface area (Å²) in [5, 5.41) is 9.68. The lowest BCUT2D eigenvalue weighted by Gasteiger charge is -2.33. The SMILES string of the molecule is CN1CCN=C1c1cc2ccc1Oc1c(F)c(-c3c(F)cnc(Oc4cc(C#N)ccc4OCc4ccccc4)c3F)nc(c1F)C(c1ccccc1)(c1ccccc1)C(=O)OS2. The molecule has 0 spiro atoms. The number of nitriles is 1. The van der Waals surface area contributed by atoms with Crippen LogP contribution in [0.15, 0.2) is 143 Å². The van der Waals surface area contributed by atoms with Gasteiger partial charge in [-0.15, -0.1) is 0 Å². The van der Waals surface area contributed by atoms with Gasteiger partial charge in [0.1, 0.15) is 29.6 Å². The predicted octanol–water partition coefficient (Wildman–Crippen LogP) is 10.3. The molecule has 7 aromatic rings. The Bertz CT molecular complexity index is 2930. The number of nitrogens with zero attached hydrogens (tertiary/aromatic N) is 5. The number of hydrogen-bond acceptors (Lipinski definition) is 11. The van der Waals surface area contributed by atoms with Gasteiger partial charge in [-0.25, -0.2) is 32.3 Å². The zero-order chi connectivity index (χ0) is 43.7. The molecule has 0 unspecified atom stereocenters. The van der Waals surface area contributed by atoms with Gasteiger partial charge in [0, 0.05) is 24.6 Å². The highest BCUT2D eigenvalue weighted by Gasteiger charge is 2.51. The van der Waals surface area contributed by atoms with Crippen LogP contribution in [0.3, 0.4) is 0 Å². The molecule has 0 radical (unpaired) electrons. The number of likely N-dealkylation sites (N-methyl/N-ethyl adjacent to an activating group) is 1. The standard InChI is InChI=1S/C48H31F4N5O5S/c1-57-22-21-54-45(57)33-24-32-18-20-35(33)60-43-40(51)42(56-44(41(43)52)48(47(58)62-63-32,30-13-7-3-8-14-30)31-15-9-4-10-16-31)38-34(49)26-55-46(39(38)50)61-37-23-29(25-53)17-19-36(37)59-27-28-11-5-2-6-12-28/h2-20,23-24,26H,21-22,27H2,1H3. The normalized spacial score (nSPS) is 14.1. The fourth-order valence-electron chi connectivity index (χ4n) is 7.43. The van der Waals surface area contributed by atoms with E-state index in [2.05, 4.69) is 15.0 Å². The summed E-state index contributed by atoms with van der Waals surface area (Å²) in [6.07, 6.45) is 0.576. The number of carbonyl (C=O) groups is 1. The monoisotopic (exact) mass is 865 g/mol. The molecule has 0 aliphatic carbocycles. The number of fused-ring (bicyclic) bond motifs is 5. The first-order chi connectivity index (χ1) is 30.7. The molecule has 312 valence electrons. The third-order valence-corrected chi connectivity index (χ3v) is 11.2. The van der Waals surface area contributed by atoms with E-state index in [4.69, 9.17) is 18.4 Å². The van der Waals surface area contributed by atoms with E-state index < -0.39 is 63.2 Å². The number of carbonyl (C=O) groups excluding carboxylic acids is 1. The number of pyridine rings is 2. The van der Waals surface area contributed by atoms with Crippen LogP contribution in [-0.4, -0.2) is 46.8 Å². The highest BCUT2D eigenvalue weighted by atomic mass is 32.2. The second kappa shape index (κ2) is 17.0. The third kappa shape index (κ3) is 7.44. The van der Waals surface area contributed by atoms with E-state index >= 15 is 22.4 Å². The molecule has 0 saturated heterocycles. The summed E-state index contributed by atoms with van der Waals surface area (Å²) in [6.45, 7) is 1.02. The van der Waals surface area contributed by atoms with E-state index in [1.165, 1.54) is 54.6 Å². The van der Waals surface area contributed by atoms with Gasteiger partial charge in [-0.2, -0.15) is 5.26 Å². The molecule has 10 nitrogen and oxygen atoms in total. The molecule has 5 heterocycles. The molecule has 0 atom stereocenters. The van der Waals surface area contributed by atoms with Crippen molar-refractivity contribution in [1.29, 1.82) is 5.26 Å². The van der Waals surface area contributed by atoms with Crippen molar-refractivity contribution in [3.05, 3.63) is 190 Å². The molecule has 63 heavy (non-hydrogen) atoms. The van der Waals surface area contributed by atoms with Gasteiger partial charge < -0.3 is 23.3 Å². The van der Waals surface area contributed by atoms with Crippen LogP contribution in [-0.2, 0) is 21.0 Å². The molecule has 10 rings (SSSR count). The first-order valence-corrected chi connectivity index (χ1v) is 20.1. The van der Waals surface area contributed by atoms with Crippen molar-refractivity contribution >= 4 is 23.8 Å². The van der Waals surface area contributed by atoms with Crippen molar-refractivity contribution in [2.75, 3.05) is 20.1 Å².